The van der Waals surface area contributed by atoms with E-state index in [9.17, 15) is 14.7 Å². The van der Waals surface area contributed by atoms with E-state index in [1.165, 1.54) is 24.3 Å². The first kappa shape index (κ1) is 24.5. The fraction of sp³-hybridized carbons (Fsp3) is 0.207. The van der Waals surface area contributed by atoms with Gasteiger partial charge in [0.15, 0.2) is 22.1 Å². The number of carbonyl (C=O) groups excluding carboxylic acids is 1. The van der Waals surface area contributed by atoms with Crippen LogP contribution in [-0.4, -0.2) is 29.2 Å². The van der Waals surface area contributed by atoms with Gasteiger partial charge in [-0.3, -0.25) is 14.2 Å². The number of allylic oxidation sites excluding steroid dienone is 2. The van der Waals surface area contributed by atoms with Gasteiger partial charge in [0.1, 0.15) is 5.75 Å². The number of rotatable bonds is 6. The van der Waals surface area contributed by atoms with Gasteiger partial charge in [0.05, 0.1) is 24.3 Å². The van der Waals surface area contributed by atoms with E-state index < -0.39 is 6.04 Å². The summed E-state index contributed by atoms with van der Waals surface area (Å²) >= 11 is 1.25. The number of carbonyl (C=O) groups is 1. The molecular weight excluding hydrogens is 488 g/mol. The normalized spacial score (nSPS) is 15.5. The van der Waals surface area contributed by atoms with E-state index in [2.05, 4.69) is 4.99 Å². The lowest BCUT2D eigenvalue weighted by atomic mass is 9.89. The fourth-order valence-corrected chi connectivity index (χ4v) is 5.87. The molecule has 1 N–H and O–H groups in total. The SMILES string of the molecule is CCOc1cc(C=c2sc3n(c2=O)C(c2c(OC)ccc4ccccc24)C(C(C)=O)=C(C)N=3)ccc1O. The van der Waals surface area contributed by atoms with Crippen LogP contribution in [0.5, 0.6) is 17.2 Å². The first-order chi connectivity index (χ1) is 17.8. The molecule has 5 rings (SSSR count). The molecule has 3 aromatic carbocycles. The maximum atomic E-state index is 13.9. The Balaban J connectivity index is 1.81. The average molecular weight is 515 g/mol. The third-order valence-electron chi connectivity index (χ3n) is 6.41. The third kappa shape index (κ3) is 4.23. The number of nitrogens with zero attached hydrogens (tertiary/aromatic N) is 2. The van der Waals surface area contributed by atoms with E-state index >= 15 is 0 Å². The van der Waals surface area contributed by atoms with Crippen molar-refractivity contribution in [1.29, 1.82) is 0 Å². The summed E-state index contributed by atoms with van der Waals surface area (Å²) in [5.41, 5.74) is 2.21. The largest absolute Gasteiger partial charge is 0.504 e. The smallest absolute Gasteiger partial charge is 0.271 e. The van der Waals surface area contributed by atoms with Crippen molar-refractivity contribution in [2.45, 2.75) is 26.8 Å². The maximum Gasteiger partial charge on any atom is 0.271 e. The summed E-state index contributed by atoms with van der Waals surface area (Å²) in [5.74, 6) is 0.810. The standard InChI is InChI=1S/C29H26N2O5S/c1-5-36-23-14-18(10-12-21(23)33)15-24-28(34)31-27(25(17(3)32)16(2)30-29(31)37-24)26-20-9-7-6-8-19(20)11-13-22(26)35-4/h6-15,27,33H,5H2,1-4H3. The van der Waals surface area contributed by atoms with Crippen LogP contribution in [0.4, 0.5) is 0 Å². The van der Waals surface area contributed by atoms with E-state index in [0.29, 0.717) is 44.3 Å². The Morgan fingerprint density at radius 3 is 2.68 bits per heavy atom. The van der Waals surface area contributed by atoms with Gasteiger partial charge in [0.2, 0.25) is 0 Å². The number of phenols is 1. The molecule has 0 bridgehead atoms. The minimum Gasteiger partial charge on any atom is -0.504 e. The number of benzene rings is 3. The van der Waals surface area contributed by atoms with E-state index in [1.807, 2.05) is 43.3 Å². The Hall–Kier alpha value is -4.17. The number of fused-ring (bicyclic) bond motifs is 2. The van der Waals surface area contributed by atoms with E-state index in [4.69, 9.17) is 9.47 Å². The number of phenolic OH excluding ortho intramolecular Hbond substituents is 1. The van der Waals surface area contributed by atoms with Crippen molar-refractivity contribution in [2.75, 3.05) is 13.7 Å². The molecule has 1 aromatic heterocycles. The quantitative estimate of drug-likeness (QED) is 0.419. The molecule has 0 fully saturated rings. The molecule has 0 amide bonds. The predicted octanol–water partition coefficient (Wildman–Crippen LogP) is 4.09. The molecule has 2 heterocycles. The molecule has 0 saturated carbocycles. The molecule has 1 atom stereocenters. The minimum atomic E-state index is -0.698. The number of ketones is 1. The lowest BCUT2D eigenvalue weighted by Crippen LogP contribution is -2.39. The van der Waals surface area contributed by atoms with Crippen molar-refractivity contribution in [3.63, 3.8) is 0 Å². The second-order valence-electron chi connectivity index (χ2n) is 8.70. The summed E-state index contributed by atoms with van der Waals surface area (Å²) in [7, 11) is 1.59. The highest BCUT2D eigenvalue weighted by Gasteiger charge is 2.33. The predicted molar refractivity (Wildman–Crippen MR) is 144 cm³/mol. The Bertz CT molecular complexity index is 1760. The van der Waals surface area contributed by atoms with Crippen LogP contribution in [-0.2, 0) is 4.79 Å². The van der Waals surface area contributed by atoms with Crippen LogP contribution in [0, 0.1) is 0 Å². The number of hydrogen-bond acceptors (Lipinski definition) is 7. The minimum absolute atomic E-state index is 0.0326. The van der Waals surface area contributed by atoms with Gasteiger partial charge in [-0.25, -0.2) is 4.99 Å². The first-order valence-corrected chi connectivity index (χ1v) is 12.7. The van der Waals surface area contributed by atoms with Crippen molar-refractivity contribution in [3.8, 4) is 17.2 Å². The van der Waals surface area contributed by atoms with Crippen molar-refractivity contribution >= 4 is 34.0 Å². The topological polar surface area (TPSA) is 90.1 Å². The molecule has 1 aliphatic rings. The first-order valence-electron chi connectivity index (χ1n) is 11.9. The monoisotopic (exact) mass is 514 g/mol. The summed E-state index contributed by atoms with van der Waals surface area (Å²) < 4.78 is 13.3. The van der Waals surface area contributed by atoms with Crippen molar-refractivity contribution < 1.29 is 19.4 Å². The molecule has 0 saturated heterocycles. The van der Waals surface area contributed by atoms with E-state index in [0.717, 1.165) is 16.3 Å². The zero-order valence-electron chi connectivity index (χ0n) is 20.9. The third-order valence-corrected chi connectivity index (χ3v) is 7.39. The molecule has 0 aliphatic carbocycles. The van der Waals surface area contributed by atoms with E-state index in [-0.39, 0.29) is 17.1 Å². The molecule has 1 aliphatic heterocycles. The summed E-state index contributed by atoms with van der Waals surface area (Å²) in [6.45, 7) is 5.53. The molecular formula is C29H26N2O5S. The summed E-state index contributed by atoms with van der Waals surface area (Å²) in [6.07, 6.45) is 1.75. The molecule has 0 spiro atoms. The molecule has 4 aromatic rings. The van der Waals surface area contributed by atoms with Gasteiger partial charge in [0.25, 0.3) is 5.56 Å². The van der Waals surface area contributed by atoms with Crippen LogP contribution in [0.15, 0.2) is 75.7 Å². The number of thiazole rings is 1. The highest BCUT2D eigenvalue weighted by Crippen LogP contribution is 2.40. The van der Waals surface area contributed by atoms with Crippen molar-refractivity contribution in [1.82, 2.24) is 4.57 Å². The van der Waals surface area contributed by atoms with Gasteiger partial charge in [-0.2, -0.15) is 0 Å². The van der Waals surface area contributed by atoms with Crippen LogP contribution in [0.2, 0.25) is 0 Å². The molecule has 37 heavy (non-hydrogen) atoms. The summed E-state index contributed by atoms with van der Waals surface area (Å²) in [6, 6.07) is 15.9. The maximum absolute atomic E-state index is 13.9. The Morgan fingerprint density at radius 2 is 1.95 bits per heavy atom. The Labute approximate surface area is 217 Å². The van der Waals surface area contributed by atoms with Gasteiger partial charge in [0, 0.05) is 16.8 Å². The number of ether oxygens (including phenoxy) is 2. The fourth-order valence-electron chi connectivity index (χ4n) is 4.82. The molecule has 7 nitrogen and oxygen atoms in total. The zero-order chi connectivity index (χ0) is 26.3. The van der Waals surface area contributed by atoms with Crippen LogP contribution in [0.3, 0.4) is 0 Å². The Morgan fingerprint density at radius 1 is 1.16 bits per heavy atom. The van der Waals surface area contributed by atoms with Crippen LogP contribution in [0.25, 0.3) is 16.8 Å². The van der Waals surface area contributed by atoms with Crippen molar-refractivity contribution in [2.24, 2.45) is 4.99 Å². The second kappa shape index (κ2) is 9.71. The van der Waals surface area contributed by atoms with Crippen LogP contribution < -0.4 is 24.4 Å². The molecule has 188 valence electrons. The van der Waals surface area contributed by atoms with Crippen LogP contribution >= 0.6 is 11.3 Å². The van der Waals surface area contributed by atoms with Gasteiger partial charge in [-0.05, 0) is 61.4 Å². The number of Topliss-reactive ketones (excluding diaryl/α,β-unsaturated/α-hetero) is 1. The number of methoxy groups -OCH3 is 1. The highest BCUT2D eigenvalue weighted by molar-refractivity contribution is 7.07. The van der Waals surface area contributed by atoms with Gasteiger partial charge < -0.3 is 14.6 Å². The summed E-state index contributed by atoms with van der Waals surface area (Å²) in [5, 5.41) is 11.9. The van der Waals surface area contributed by atoms with Gasteiger partial charge in [-0.15, -0.1) is 0 Å². The lowest BCUT2D eigenvalue weighted by Gasteiger charge is -2.27. The molecule has 8 heteroatoms. The molecule has 0 radical (unpaired) electrons. The average Bonchev–Trinajstić information content (AvgIpc) is 3.18. The van der Waals surface area contributed by atoms with E-state index in [1.54, 1.807) is 36.8 Å². The lowest BCUT2D eigenvalue weighted by molar-refractivity contribution is -0.114. The Kier molecular flexibility index (Phi) is 6.43. The molecule has 1 unspecified atom stereocenters. The van der Waals surface area contributed by atoms with Crippen molar-refractivity contribution in [3.05, 3.63) is 96.7 Å². The van der Waals surface area contributed by atoms with Gasteiger partial charge in [-0.1, -0.05) is 47.7 Å². The summed E-state index contributed by atoms with van der Waals surface area (Å²) in [4.78, 5) is 32.0. The van der Waals surface area contributed by atoms with Crippen LogP contribution in [0.1, 0.15) is 37.9 Å². The number of aromatic nitrogens is 1. The highest BCUT2D eigenvalue weighted by atomic mass is 32.1. The second-order valence-corrected chi connectivity index (χ2v) is 9.71. The zero-order valence-corrected chi connectivity index (χ0v) is 21.8. The van der Waals surface area contributed by atoms with Gasteiger partial charge >= 0.3 is 0 Å². The number of aromatic hydroxyl groups is 1. The number of hydrogen-bond donors (Lipinski definition) is 1.